The van der Waals surface area contributed by atoms with E-state index in [4.69, 9.17) is 9.47 Å². The van der Waals surface area contributed by atoms with E-state index in [1.54, 1.807) is 0 Å². The maximum absolute atomic E-state index is 6.32. The van der Waals surface area contributed by atoms with Crippen LogP contribution in [0.25, 0.3) is 0 Å². The zero-order valence-corrected chi connectivity index (χ0v) is 12.5. The molecule has 1 aromatic carbocycles. The largest absolute Gasteiger partial charge is 0.490 e. The van der Waals surface area contributed by atoms with Crippen LogP contribution in [0.4, 0.5) is 0 Å². The van der Waals surface area contributed by atoms with Crippen molar-refractivity contribution in [2.75, 3.05) is 13.7 Å². The molecule has 1 saturated heterocycles. The molecule has 1 N–H and O–H groups in total. The summed E-state index contributed by atoms with van der Waals surface area (Å²) >= 11 is 0. The van der Waals surface area contributed by atoms with Crippen LogP contribution in [0.3, 0.4) is 0 Å². The van der Waals surface area contributed by atoms with E-state index in [1.807, 2.05) is 7.05 Å². The third kappa shape index (κ3) is 2.70. The fourth-order valence-corrected chi connectivity index (χ4v) is 3.28. The van der Waals surface area contributed by atoms with Gasteiger partial charge in [-0.15, -0.1) is 0 Å². The molecule has 1 aliphatic heterocycles. The molecule has 2 atom stereocenters. The second-order valence-electron chi connectivity index (χ2n) is 6.17. The van der Waals surface area contributed by atoms with Gasteiger partial charge in [0.1, 0.15) is 11.9 Å². The number of rotatable bonds is 4. The van der Waals surface area contributed by atoms with Crippen molar-refractivity contribution in [2.45, 2.75) is 56.8 Å². The zero-order chi connectivity index (χ0) is 14.0. The lowest BCUT2D eigenvalue weighted by Crippen LogP contribution is -2.48. The van der Waals surface area contributed by atoms with Gasteiger partial charge in [-0.1, -0.05) is 18.2 Å². The summed E-state index contributed by atoms with van der Waals surface area (Å²) in [6, 6.07) is 8.68. The first kappa shape index (κ1) is 13.9. The van der Waals surface area contributed by atoms with E-state index < -0.39 is 0 Å². The molecule has 1 aliphatic carbocycles. The molecule has 1 aromatic rings. The van der Waals surface area contributed by atoms with Gasteiger partial charge >= 0.3 is 0 Å². The van der Waals surface area contributed by atoms with E-state index in [-0.39, 0.29) is 5.60 Å². The molecule has 110 valence electrons. The van der Waals surface area contributed by atoms with Gasteiger partial charge in [0.25, 0.3) is 0 Å². The van der Waals surface area contributed by atoms with Gasteiger partial charge in [0.05, 0.1) is 12.2 Å². The van der Waals surface area contributed by atoms with Crippen LogP contribution in [0.15, 0.2) is 24.3 Å². The van der Waals surface area contributed by atoms with E-state index in [0.717, 1.165) is 25.2 Å². The maximum atomic E-state index is 6.32. The van der Waals surface area contributed by atoms with Crippen molar-refractivity contribution in [3.05, 3.63) is 29.8 Å². The highest BCUT2D eigenvalue weighted by Gasteiger charge is 2.43. The van der Waals surface area contributed by atoms with Crippen molar-refractivity contribution in [3.8, 4) is 5.75 Å². The Hall–Kier alpha value is -1.06. The zero-order valence-electron chi connectivity index (χ0n) is 12.5. The van der Waals surface area contributed by atoms with Crippen molar-refractivity contribution in [3.63, 3.8) is 0 Å². The number of hydrogen-bond acceptors (Lipinski definition) is 3. The fourth-order valence-electron chi connectivity index (χ4n) is 3.28. The second kappa shape index (κ2) is 5.74. The normalized spacial score (nSPS) is 26.0. The van der Waals surface area contributed by atoms with Gasteiger partial charge in [-0.05, 0) is 39.3 Å². The predicted molar refractivity (Wildman–Crippen MR) is 80.1 cm³/mol. The molecule has 0 amide bonds. The topological polar surface area (TPSA) is 30.5 Å². The van der Waals surface area contributed by atoms with Crippen molar-refractivity contribution < 1.29 is 9.47 Å². The quantitative estimate of drug-likeness (QED) is 0.913. The summed E-state index contributed by atoms with van der Waals surface area (Å²) in [5, 5.41) is 3.29. The fraction of sp³-hybridized carbons (Fsp3) is 0.647. The maximum Gasteiger partial charge on any atom is 0.124 e. The Morgan fingerprint density at radius 2 is 2.15 bits per heavy atom. The molecular weight excluding hydrogens is 250 g/mol. The highest BCUT2D eigenvalue weighted by Crippen LogP contribution is 2.43. The molecule has 3 rings (SSSR count). The van der Waals surface area contributed by atoms with Gasteiger partial charge in [0, 0.05) is 24.4 Å². The van der Waals surface area contributed by atoms with Crippen LogP contribution >= 0.6 is 0 Å². The van der Waals surface area contributed by atoms with Gasteiger partial charge in [0.15, 0.2) is 0 Å². The number of hydrogen-bond donors (Lipinski definition) is 1. The van der Waals surface area contributed by atoms with Gasteiger partial charge in [0.2, 0.25) is 0 Å². The summed E-state index contributed by atoms with van der Waals surface area (Å²) in [5.74, 6) is 1.02. The summed E-state index contributed by atoms with van der Waals surface area (Å²) < 4.78 is 12.3. The third-order valence-electron chi connectivity index (χ3n) is 4.82. The molecule has 0 radical (unpaired) electrons. The Balaban J connectivity index is 1.71. The summed E-state index contributed by atoms with van der Waals surface area (Å²) in [6.45, 7) is 3.01. The van der Waals surface area contributed by atoms with Gasteiger partial charge < -0.3 is 14.8 Å². The molecule has 2 unspecified atom stereocenters. The van der Waals surface area contributed by atoms with Crippen molar-refractivity contribution in [1.29, 1.82) is 0 Å². The van der Waals surface area contributed by atoms with Crippen molar-refractivity contribution in [2.24, 2.45) is 0 Å². The molecule has 1 spiro atoms. The third-order valence-corrected chi connectivity index (χ3v) is 4.82. The molecule has 3 nitrogen and oxygen atoms in total. The minimum Gasteiger partial charge on any atom is -0.490 e. The Morgan fingerprint density at radius 1 is 1.35 bits per heavy atom. The summed E-state index contributed by atoms with van der Waals surface area (Å²) in [6.07, 6.45) is 6.08. The Kier molecular flexibility index (Phi) is 3.99. The average molecular weight is 275 g/mol. The highest BCUT2D eigenvalue weighted by molar-refractivity contribution is 5.35. The molecule has 2 fully saturated rings. The van der Waals surface area contributed by atoms with Crippen LogP contribution < -0.4 is 10.1 Å². The van der Waals surface area contributed by atoms with Crippen LogP contribution in [0.5, 0.6) is 5.75 Å². The highest BCUT2D eigenvalue weighted by atomic mass is 16.5. The SMILES string of the molecule is CNC(C)c1ccccc1OC1CCOC2(CCC2)C1. The lowest BCUT2D eigenvalue weighted by molar-refractivity contribution is -0.153. The lowest BCUT2D eigenvalue weighted by Gasteiger charge is -2.47. The smallest absolute Gasteiger partial charge is 0.124 e. The molecule has 0 bridgehead atoms. The standard InChI is InChI=1S/C17H25NO2/c1-13(18-2)15-6-3-4-7-16(15)20-14-8-11-19-17(12-14)9-5-10-17/h3-4,6-7,13-14,18H,5,8-12H2,1-2H3. The predicted octanol–water partition coefficient (Wildman–Crippen LogP) is 3.45. The van der Waals surface area contributed by atoms with Gasteiger partial charge in [-0.3, -0.25) is 0 Å². The Bertz CT molecular complexity index is 456. The van der Waals surface area contributed by atoms with Crippen LogP contribution in [0.1, 0.15) is 50.6 Å². The molecular formula is C17H25NO2. The monoisotopic (exact) mass is 275 g/mol. The summed E-state index contributed by atoms with van der Waals surface area (Å²) in [5.41, 5.74) is 1.39. The van der Waals surface area contributed by atoms with E-state index in [1.165, 1.54) is 24.8 Å². The molecule has 20 heavy (non-hydrogen) atoms. The summed E-state index contributed by atoms with van der Waals surface area (Å²) in [7, 11) is 1.99. The number of para-hydroxylation sites is 1. The number of nitrogens with one attached hydrogen (secondary N) is 1. The number of benzene rings is 1. The van der Waals surface area contributed by atoms with E-state index in [0.29, 0.717) is 12.1 Å². The molecule has 3 heteroatoms. The van der Waals surface area contributed by atoms with E-state index >= 15 is 0 Å². The van der Waals surface area contributed by atoms with E-state index in [2.05, 4.69) is 36.5 Å². The molecule has 1 heterocycles. The van der Waals surface area contributed by atoms with Crippen LogP contribution in [0.2, 0.25) is 0 Å². The van der Waals surface area contributed by atoms with Crippen molar-refractivity contribution >= 4 is 0 Å². The van der Waals surface area contributed by atoms with Gasteiger partial charge in [-0.25, -0.2) is 0 Å². The minimum atomic E-state index is 0.145. The Morgan fingerprint density at radius 3 is 2.85 bits per heavy atom. The van der Waals surface area contributed by atoms with Crippen LogP contribution in [0, 0.1) is 0 Å². The van der Waals surface area contributed by atoms with Gasteiger partial charge in [-0.2, -0.15) is 0 Å². The van der Waals surface area contributed by atoms with Crippen molar-refractivity contribution in [1.82, 2.24) is 5.32 Å². The summed E-state index contributed by atoms with van der Waals surface area (Å²) in [4.78, 5) is 0. The Labute approximate surface area is 121 Å². The number of ether oxygens (including phenoxy) is 2. The lowest BCUT2D eigenvalue weighted by atomic mass is 9.74. The first-order chi connectivity index (χ1) is 9.72. The van der Waals surface area contributed by atoms with E-state index in [9.17, 15) is 0 Å². The second-order valence-corrected chi connectivity index (χ2v) is 6.17. The average Bonchev–Trinajstić information content (AvgIpc) is 2.46. The van der Waals surface area contributed by atoms with Crippen LogP contribution in [-0.4, -0.2) is 25.4 Å². The first-order valence-corrected chi connectivity index (χ1v) is 7.79. The van der Waals surface area contributed by atoms with Crippen LogP contribution in [-0.2, 0) is 4.74 Å². The molecule has 1 saturated carbocycles. The molecule has 0 aromatic heterocycles. The molecule has 2 aliphatic rings. The first-order valence-electron chi connectivity index (χ1n) is 7.79. The minimum absolute atomic E-state index is 0.145.